The molecule has 0 aliphatic heterocycles. The van der Waals surface area contributed by atoms with E-state index in [2.05, 4.69) is 23.7 Å². The third-order valence-electron chi connectivity index (χ3n) is 3.98. The van der Waals surface area contributed by atoms with Gasteiger partial charge in [-0.3, -0.25) is 0 Å². The van der Waals surface area contributed by atoms with Crippen LogP contribution in [-0.4, -0.2) is 22.5 Å². The molecule has 0 aromatic heterocycles. The lowest BCUT2D eigenvalue weighted by Crippen LogP contribution is -2.35. The minimum atomic E-state index is 0.417. The van der Waals surface area contributed by atoms with E-state index in [0.29, 0.717) is 9.74 Å². The molecule has 1 aliphatic rings. The fourth-order valence-electron chi connectivity index (χ4n) is 2.66. The number of benzene rings is 1. The summed E-state index contributed by atoms with van der Waals surface area (Å²) in [7, 11) is 0. The Bertz CT molecular complexity index is 422. The predicted molar refractivity (Wildman–Crippen MR) is 90.2 cm³/mol. The van der Waals surface area contributed by atoms with Gasteiger partial charge in [-0.2, -0.15) is 11.8 Å². The molecule has 0 atom stereocenters. The summed E-state index contributed by atoms with van der Waals surface area (Å²) < 4.78 is 0.417. The number of anilines is 1. The zero-order chi connectivity index (χ0) is 13.7. The molecule has 104 valence electrons. The van der Waals surface area contributed by atoms with E-state index in [4.69, 9.17) is 18.0 Å². The Morgan fingerprint density at radius 2 is 1.89 bits per heavy atom. The Hall–Kier alpha value is -0.740. The van der Waals surface area contributed by atoms with E-state index in [9.17, 15) is 0 Å². The van der Waals surface area contributed by atoms with Crippen LogP contribution >= 0.6 is 24.0 Å². The highest BCUT2D eigenvalue weighted by Gasteiger charge is 2.30. The molecule has 1 fully saturated rings. The maximum atomic E-state index is 5.60. The van der Waals surface area contributed by atoms with Crippen molar-refractivity contribution in [2.45, 2.75) is 36.9 Å². The smallest absolute Gasteiger partial charge is 0.103 e. The van der Waals surface area contributed by atoms with Gasteiger partial charge in [-0.05, 0) is 43.4 Å². The van der Waals surface area contributed by atoms with Gasteiger partial charge >= 0.3 is 0 Å². The molecule has 0 heterocycles. The molecular formula is C15H22N2S2. The van der Waals surface area contributed by atoms with Crippen molar-refractivity contribution in [1.29, 1.82) is 0 Å². The summed E-state index contributed by atoms with van der Waals surface area (Å²) >= 11 is 6.98. The zero-order valence-corrected chi connectivity index (χ0v) is 13.1. The minimum absolute atomic E-state index is 0.417. The molecule has 2 rings (SSSR count). The fraction of sp³-hybridized carbons (Fsp3) is 0.533. The van der Waals surface area contributed by atoms with E-state index in [0.717, 1.165) is 17.8 Å². The first-order valence-corrected chi connectivity index (χ1v) is 8.47. The first-order valence-electron chi connectivity index (χ1n) is 6.84. The molecule has 0 unspecified atom stereocenters. The average Bonchev–Trinajstić information content (AvgIpc) is 2.46. The molecule has 0 radical (unpaired) electrons. The molecule has 0 spiro atoms. The Labute approximate surface area is 125 Å². The Kier molecular flexibility index (Phi) is 5.11. The van der Waals surface area contributed by atoms with Gasteiger partial charge in [0.05, 0.1) is 0 Å². The summed E-state index contributed by atoms with van der Waals surface area (Å²) in [6, 6.07) is 8.09. The molecule has 4 heteroatoms. The van der Waals surface area contributed by atoms with Crippen LogP contribution in [0.4, 0.5) is 5.69 Å². The SMILES string of the molecule is CSC1(CNc2ccc(C(N)=S)cc2)CCCCC1. The van der Waals surface area contributed by atoms with Crippen molar-refractivity contribution < 1.29 is 0 Å². The first kappa shape index (κ1) is 14.7. The summed E-state index contributed by atoms with van der Waals surface area (Å²) in [6.45, 7) is 1.04. The highest BCUT2D eigenvalue weighted by Crippen LogP contribution is 2.38. The van der Waals surface area contributed by atoms with E-state index in [-0.39, 0.29) is 0 Å². The predicted octanol–water partition coefficient (Wildman–Crippen LogP) is 3.80. The van der Waals surface area contributed by atoms with E-state index >= 15 is 0 Å². The molecule has 0 amide bonds. The molecule has 0 saturated heterocycles. The van der Waals surface area contributed by atoms with Crippen molar-refractivity contribution in [2.24, 2.45) is 5.73 Å². The number of hydrogen-bond donors (Lipinski definition) is 2. The van der Waals surface area contributed by atoms with E-state index in [1.54, 1.807) is 0 Å². The molecule has 1 aromatic rings. The summed E-state index contributed by atoms with van der Waals surface area (Å²) in [5, 5.41) is 3.57. The van der Waals surface area contributed by atoms with E-state index < -0.39 is 0 Å². The van der Waals surface area contributed by atoms with Gasteiger partial charge < -0.3 is 11.1 Å². The molecular weight excluding hydrogens is 272 g/mol. The number of nitrogens with two attached hydrogens (primary N) is 1. The summed E-state index contributed by atoms with van der Waals surface area (Å²) in [5.41, 5.74) is 7.69. The van der Waals surface area contributed by atoms with Gasteiger partial charge in [0.25, 0.3) is 0 Å². The number of hydrogen-bond acceptors (Lipinski definition) is 3. The Morgan fingerprint density at radius 1 is 1.26 bits per heavy atom. The van der Waals surface area contributed by atoms with Crippen LogP contribution in [0.3, 0.4) is 0 Å². The molecule has 3 N–H and O–H groups in total. The van der Waals surface area contributed by atoms with Crippen molar-refractivity contribution in [2.75, 3.05) is 18.1 Å². The molecule has 1 saturated carbocycles. The maximum Gasteiger partial charge on any atom is 0.103 e. The highest BCUT2D eigenvalue weighted by atomic mass is 32.2. The molecule has 1 aromatic carbocycles. The van der Waals surface area contributed by atoms with Crippen LogP contribution in [0.2, 0.25) is 0 Å². The highest BCUT2D eigenvalue weighted by molar-refractivity contribution is 8.00. The lowest BCUT2D eigenvalue weighted by Gasteiger charge is -2.36. The normalized spacial score (nSPS) is 17.9. The van der Waals surface area contributed by atoms with Crippen LogP contribution in [0.1, 0.15) is 37.7 Å². The standard InChI is InChI=1S/C15H22N2S2/c1-19-15(9-3-2-4-10-15)11-17-13-7-5-12(6-8-13)14(16)18/h5-8,17H,2-4,9-11H2,1H3,(H2,16,18). The van der Waals surface area contributed by atoms with E-state index in [1.807, 2.05) is 23.9 Å². The third-order valence-corrected chi connectivity index (χ3v) is 5.64. The Morgan fingerprint density at radius 3 is 2.42 bits per heavy atom. The number of rotatable bonds is 5. The molecule has 19 heavy (non-hydrogen) atoms. The van der Waals surface area contributed by atoms with Gasteiger partial charge in [-0.1, -0.05) is 31.5 Å². The number of nitrogens with one attached hydrogen (secondary N) is 1. The van der Waals surface area contributed by atoms with Crippen molar-refractivity contribution in [3.63, 3.8) is 0 Å². The van der Waals surface area contributed by atoms with Gasteiger partial charge in [-0.25, -0.2) is 0 Å². The lowest BCUT2D eigenvalue weighted by molar-refractivity contribution is 0.411. The number of thioether (sulfide) groups is 1. The van der Waals surface area contributed by atoms with Gasteiger partial charge in [0.2, 0.25) is 0 Å². The minimum Gasteiger partial charge on any atom is -0.389 e. The molecule has 1 aliphatic carbocycles. The van der Waals surface area contributed by atoms with Crippen LogP contribution in [0.25, 0.3) is 0 Å². The second kappa shape index (κ2) is 6.62. The topological polar surface area (TPSA) is 38.0 Å². The summed E-state index contributed by atoms with van der Waals surface area (Å²) in [5.74, 6) is 0. The van der Waals surface area contributed by atoms with Crippen LogP contribution in [0, 0.1) is 0 Å². The van der Waals surface area contributed by atoms with Crippen LogP contribution in [-0.2, 0) is 0 Å². The summed E-state index contributed by atoms with van der Waals surface area (Å²) in [6.07, 6.45) is 9.01. The van der Waals surface area contributed by atoms with Crippen molar-refractivity contribution in [3.05, 3.63) is 29.8 Å². The quantitative estimate of drug-likeness (QED) is 0.810. The second-order valence-corrected chi connectivity index (χ2v) is 6.96. The van der Waals surface area contributed by atoms with Gasteiger partial charge in [0.15, 0.2) is 0 Å². The van der Waals surface area contributed by atoms with Crippen LogP contribution in [0.15, 0.2) is 24.3 Å². The van der Waals surface area contributed by atoms with Crippen molar-refractivity contribution >= 4 is 34.7 Å². The van der Waals surface area contributed by atoms with Crippen molar-refractivity contribution in [1.82, 2.24) is 0 Å². The van der Waals surface area contributed by atoms with Gasteiger partial charge in [-0.15, -0.1) is 0 Å². The van der Waals surface area contributed by atoms with Crippen LogP contribution in [0.5, 0.6) is 0 Å². The van der Waals surface area contributed by atoms with Gasteiger partial charge in [0, 0.05) is 22.5 Å². The lowest BCUT2D eigenvalue weighted by atomic mass is 9.88. The second-order valence-electron chi connectivity index (χ2n) is 5.24. The first-order chi connectivity index (χ1) is 9.15. The Balaban J connectivity index is 1.95. The molecule has 0 bridgehead atoms. The van der Waals surface area contributed by atoms with E-state index in [1.165, 1.54) is 32.1 Å². The molecule has 2 nitrogen and oxygen atoms in total. The summed E-state index contributed by atoms with van der Waals surface area (Å²) in [4.78, 5) is 0.458. The van der Waals surface area contributed by atoms with Gasteiger partial charge in [0.1, 0.15) is 4.99 Å². The van der Waals surface area contributed by atoms with Crippen molar-refractivity contribution in [3.8, 4) is 0 Å². The monoisotopic (exact) mass is 294 g/mol. The maximum absolute atomic E-state index is 5.60. The fourth-order valence-corrected chi connectivity index (χ4v) is 3.71. The largest absolute Gasteiger partial charge is 0.389 e. The third kappa shape index (κ3) is 3.86. The number of thiocarbonyl (C=S) groups is 1. The zero-order valence-electron chi connectivity index (χ0n) is 11.4. The van der Waals surface area contributed by atoms with Crippen LogP contribution < -0.4 is 11.1 Å². The average molecular weight is 294 g/mol.